The van der Waals surface area contributed by atoms with Crippen molar-refractivity contribution in [1.29, 1.82) is 0 Å². The van der Waals surface area contributed by atoms with E-state index in [-0.39, 0.29) is 5.69 Å². The molecule has 0 radical (unpaired) electrons. The standard InChI is InChI=1S/C15H9BrCl2FNO/c16-10-3-5-14(13(19)8-10)20-15(21)6-2-9-1-4-11(17)12(18)7-9/h1-8H,(H,20,21)/b6-2+. The minimum Gasteiger partial charge on any atom is -0.320 e. The molecule has 0 spiro atoms. The lowest BCUT2D eigenvalue weighted by atomic mass is 10.2. The Bertz CT molecular complexity index is 719. The lowest BCUT2D eigenvalue weighted by Crippen LogP contribution is -2.09. The lowest BCUT2D eigenvalue weighted by molar-refractivity contribution is -0.111. The van der Waals surface area contributed by atoms with Gasteiger partial charge in [0.1, 0.15) is 5.82 Å². The molecule has 108 valence electrons. The number of carbonyl (C=O) groups is 1. The van der Waals surface area contributed by atoms with Gasteiger partial charge in [0, 0.05) is 10.5 Å². The molecule has 0 saturated carbocycles. The number of nitrogens with one attached hydrogen (secondary N) is 1. The number of amides is 1. The average Bonchev–Trinajstić information content (AvgIpc) is 2.43. The SMILES string of the molecule is O=C(/C=C/c1ccc(Cl)c(Cl)c1)Nc1ccc(Br)cc1F. The van der Waals surface area contributed by atoms with E-state index < -0.39 is 11.7 Å². The molecule has 0 bridgehead atoms. The van der Waals surface area contributed by atoms with E-state index in [1.165, 1.54) is 18.2 Å². The fourth-order valence-electron chi connectivity index (χ4n) is 1.55. The molecule has 2 rings (SSSR count). The molecule has 0 atom stereocenters. The van der Waals surface area contributed by atoms with Crippen molar-refractivity contribution in [2.45, 2.75) is 0 Å². The first kappa shape index (κ1) is 16.0. The first-order chi connectivity index (χ1) is 9.95. The zero-order valence-corrected chi connectivity index (χ0v) is 13.6. The molecule has 0 aliphatic carbocycles. The van der Waals surface area contributed by atoms with Gasteiger partial charge < -0.3 is 5.32 Å². The molecule has 0 fully saturated rings. The predicted octanol–water partition coefficient (Wildman–Crippen LogP) is 5.55. The van der Waals surface area contributed by atoms with Crippen LogP contribution in [0.15, 0.2) is 46.9 Å². The van der Waals surface area contributed by atoms with Crippen molar-refractivity contribution >= 4 is 56.8 Å². The maximum atomic E-state index is 13.6. The highest BCUT2D eigenvalue weighted by atomic mass is 79.9. The number of benzene rings is 2. The number of rotatable bonds is 3. The van der Waals surface area contributed by atoms with Crippen LogP contribution in [0, 0.1) is 5.82 Å². The van der Waals surface area contributed by atoms with Crippen molar-refractivity contribution in [3.05, 3.63) is 68.4 Å². The van der Waals surface area contributed by atoms with Gasteiger partial charge in [-0.1, -0.05) is 45.2 Å². The summed E-state index contributed by atoms with van der Waals surface area (Å²) < 4.78 is 14.2. The van der Waals surface area contributed by atoms with E-state index in [0.717, 1.165) is 5.56 Å². The van der Waals surface area contributed by atoms with Crippen molar-refractivity contribution in [1.82, 2.24) is 0 Å². The van der Waals surface area contributed by atoms with Crippen molar-refractivity contribution in [2.75, 3.05) is 5.32 Å². The normalized spacial score (nSPS) is 10.9. The van der Waals surface area contributed by atoms with E-state index in [2.05, 4.69) is 21.2 Å². The zero-order chi connectivity index (χ0) is 15.4. The zero-order valence-electron chi connectivity index (χ0n) is 10.5. The molecular weight excluding hydrogens is 380 g/mol. The van der Waals surface area contributed by atoms with Crippen LogP contribution in [0.25, 0.3) is 6.08 Å². The van der Waals surface area contributed by atoms with Gasteiger partial charge in [-0.15, -0.1) is 0 Å². The number of hydrogen-bond acceptors (Lipinski definition) is 1. The minimum atomic E-state index is -0.513. The second-order valence-electron chi connectivity index (χ2n) is 4.12. The van der Waals surface area contributed by atoms with Crippen molar-refractivity contribution in [3.8, 4) is 0 Å². The van der Waals surface area contributed by atoms with Gasteiger partial charge >= 0.3 is 0 Å². The van der Waals surface area contributed by atoms with Gasteiger partial charge in [-0.2, -0.15) is 0 Å². The van der Waals surface area contributed by atoms with Crippen LogP contribution < -0.4 is 5.32 Å². The van der Waals surface area contributed by atoms with Gasteiger partial charge in [-0.25, -0.2) is 4.39 Å². The lowest BCUT2D eigenvalue weighted by Gasteiger charge is -2.04. The summed E-state index contributed by atoms with van der Waals surface area (Å²) in [5, 5.41) is 3.29. The Hall–Kier alpha value is -1.36. The van der Waals surface area contributed by atoms with Crippen molar-refractivity contribution < 1.29 is 9.18 Å². The number of halogens is 4. The van der Waals surface area contributed by atoms with Crippen LogP contribution in [0.4, 0.5) is 10.1 Å². The monoisotopic (exact) mass is 387 g/mol. The number of hydrogen-bond donors (Lipinski definition) is 1. The first-order valence-electron chi connectivity index (χ1n) is 5.85. The molecule has 0 aromatic heterocycles. The highest BCUT2D eigenvalue weighted by Gasteiger charge is 2.05. The Labute approximate surface area is 139 Å². The summed E-state index contributed by atoms with van der Waals surface area (Å²) in [6.07, 6.45) is 2.86. The van der Waals surface area contributed by atoms with Crippen molar-refractivity contribution in [3.63, 3.8) is 0 Å². The maximum Gasteiger partial charge on any atom is 0.248 e. The fourth-order valence-corrected chi connectivity index (χ4v) is 2.19. The molecule has 1 amide bonds. The summed E-state index contributed by atoms with van der Waals surface area (Å²) in [5.74, 6) is -0.956. The summed E-state index contributed by atoms with van der Waals surface area (Å²) in [6, 6.07) is 9.38. The molecule has 0 unspecified atom stereocenters. The van der Waals surface area contributed by atoms with Gasteiger partial charge in [0.25, 0.3) is 0 Å². The molecular formula is C15H9BrCl2FNO. The van der Waals surface area contributed by atoms with E-state index in [1.807, 2.05) is 0 Å². The van der Waals surface area contributed by atoms with Gasteiger partial charge in [0.05, 0.1) is 15.7 Å². The second-order valence-corrected chi connectivity index (χ2v) is 5.85. The molecule has 0 saturated heterocycles. The topological polar surface area (TPSA) is 29.1 Å². The van der Waals surface area contributed by atoms with Gasteiger partial charge in [-0.3, -0.25) is 4.79 Å². The average molecular weight is 389 g/mol. The van der Waals surface area contributed by atoms with E-state index in [1.54, 1.807) is 30.3 Å². The summed E-state index contributed by atoms with van der Waals surface area (Å²) in [7, 11) is 0. The van der Waals surface area contributed by atoms with Crippen LogP contribution in [-0.4, -0.2) is 5.91 Å². The number of carbonyl (C=O) groups excluding carboxylic acids is 1. The summed E-state index contributed by atoms with van der Waals surface area (Å²) in [6.45, 7) is 0. The van der Waals surface area contributed by atoms with Crippen LogP contribution in [-0.2, 0) is 4.79 Å². The third kappa shape index (κ3) is 4.56. The molecule has 21 heavy (non-hydrogen) atoms. The Morgan fingerprint density at radius 3 is 2.57 bits per heavy atom. The van der Waals surface area contributed by atoms with E-state index in [0.29, 0.717) is 14.5 Å². The maximum absolute atomic E-state index is 13.6. The quantitative estimate of drug-likeness (QED) is 0.686. The molecule has 1 N–H and O–H groups in total. The third-order valence-corrected chi connectivity index (χ3v) is 3.79. The van der Waals surface area contributed by atoms with Crippen LogP contribution >= 0.6 is 39.1 Å². The molecule has 6 heteroatoms. The van der Waals surface area contributed by atoms with E-state index in [9.17, 15) is 9.18 Å². The van der Waals surface area contributed by atoms with Gasteiger partial charge in [-0.05, 0) is 42.0 Å². The molecule has 0 heterocycles. The minimum absolute atomic E-state index is 0.113. The second kappa shape index (κ2) is 7.07. The Balaban J connectivity index is 2.07. The highest BCUT2D eigenvalue weighted by molar-refractivity contribution is 9.10. The Morgan fingerprint density at radius 2 is 1.90 bits per heavy atom. The molecule has 0 aliphatic heterocycles. The predicted molar refractivity (Wildman–Crippen MR) is 88.2 cm³/mol. The van der Waals surface area contributed by atoms with E-state index in [4.69, 9.17) is 23.2 Å². The highest BCUT2D eigenvalue weighted by Crippen LogP contribution is 2.23. The largest absolute Gasteiger partial charge is 0.320 e. The summed E-state index contributed by atoms with van der Waals surface area (Å²) >= 11 is 14.8. The first-order valence-corrected chi connectivity index (χ1v) is 7.40. The van der Waals surface area contributed by atoms with Crippen LogP contribution in [0.3, 0.4) is 0 Å². The van der Waals surface area contributed by atoms with Crippen LogP contribution in [0.1, 0.15) is 5.56 Å². The molecule has 2 aromatic rings. The van der Waals surface area contributed by atoms with Gasteiger partial charge in [0.15, 0.2) is 0 Å². The summed E-state index contributed by atoms with van der Waals surface area (Å²) in [5.41, 5.74) is 0.831. The fraction of sp³-hybridized carbons (Fsp3) is 0. The third-order valence-electron chi connectivity index (χ3n) is 2.56. The Kier molecular flexibility index (Phi) is 5.39. The van der Waals surface area contributed by atoms with Crippen LogP contribution in [0.5, 0.6) is 0 Å². The molecule has 2 nitrogen and oxygen atoms in total. The smallest absolute Gasteiger partial charge is 0.248 e. The molecule has 2 aromatic carbocycles. The van der Waals surface area contributed by atoms with Crippen LogP contribution in [0.2, 0.25) is 10.0 Å². The molecule has 0 aliphatic rings. The summed E-state index contributed by atoms with van der Waals surface area (Å²) in [4.78, 5) is 11.7. The Morgan fingerprint density at radius 1 is 1.14 bits per heavy atom. The van der Waals surface area contributed by atoms with Crippen molar-refractivity contribution in [2.24, 2.45) is 0 Å². The number of anilines is 1. The van der Waals surface area contributed by atoms with E-state index >= 15 is 0 Å². The van der Waals surface area contributed by atoms with Gasteiger partial charge in [0.2, 0.25) is 5.91 Å².